The molecule has 7 heteroatoms. The number of halogens is 1. The molecule has 3 aromatic rings. The van der Waals surface area contributed by atoms with Crippen molar-refractivity contribution in [3.8, 4) is 0 Å². The maximum Gasteiger partial charge on any atom is 0.264 e. The van der Waals surface area contributed by atoms with Gasteiger partial charge in [0, 0.05) is 0 Å². The van der Waals surface area contributed by atoms with Crippen LogP contribution in [-0.2, 0) is 14.8 Å². The summed E-state index contributed by atoms with van der Waals surface area (Å²) in [4.78, 5) is 13.0. The summed E-state index contributed by atoms with van der Waals surface area (Å²) in [6.45, 7) is 9.13. The van der Waals surface area contributed by atoms with Crippen molar-refractivity contribution in [1.29, 1.82) is 0 Å². The standard InChI is InChI=1S/C26H29FN2O3S/c1-17-10-12-22(13-11-17)33(31,32)29(25-9-7-6-8-24(25)27)16-26(30)28-21(5)23-15-19(3)18(2)14-20(23)4/h6-15,21H,16H2,1-5H3,(H,28,30). The van der Waals surface area contributed by atoms with Gasteiger partial charge in [-0.1, -0.05) is 42.0 Å². The number of nitrogens with zero attached hydrogens (tertiary/aromatic N) is 1. The molecule has 0 bridgehead atoms. The van der Waals surface area contributed by atoms with Gasteiger partial charge in [0.15, 0.2) is 0 Å². The third-order valence-corrected chi connectivity index (χ3v) is 7.52. The van der Waals surface area contributed by atoms with Gasteiger partial charge in [-0.05, 0) is 81.1 Å². The fraction of sp³-hybridized carbons (Fsp3) is 0.269. The van der Waals surface area contributed by atoms with Crippen LogP contribution < -0.4 is 9.62 Å². The minimum Gasteiger partial charge on any atom is -0.348 e. The number of aryl methyl sites for hydroxylation is 4. The lowest BCUT2D eigenvalue weighted by Gasteiger charge is -2.26. The lowest BCUT2D eigenvalue weighted by Crippen LogP contribution is -2.42. The van der Waals surface area contributed by atoms with Gasteiger partial charge in [0.25, 0.3) is 10.0 Å². The van der Waals surface area contributed by atoms with E-state index in [2.05, 4.69) is 11.4 Å². The van der Waals surface area contributed by atoms with Crippen LogP contribution in [0.1, 0.15) is 40.8 Å². The maximum atomic E-state index is 14.6. The van der Waals surface area contributed by atoms with Crippen molar-refractivity contribution in [1.82, 2.24) is 5.32 Å². The van der Waals surface area contributed by atoms with Crippen LogP contribution in [0.15, 0.2) is 65.6 Å². The van der Waals surface area contributed by atoms with E-state index < -0.39 is 28.3 Å². The van der Waals surface area contributed by atoms with Gasteiger partial charge in [0.05, 0.1) is 16.6 Å². The second-order valence-corrected chi connectivity index (χ2v) is 10.2. The van der Waals surface area contributed by atoms with Crippen molar-refractivity contribution >= 4 is 21.6 Å². The summed E-state index contributed by atoms with van der Waals surface area (Å²) in [7, 11) is -4.18. The Kier molecular flexibility index (Phi) is 7.22. The van der Waals surface area contributed by atoms with Gasteiger partial charge in [-0.15, -0.1) is 0 Å². The number of hydrogen-bond donors (Lipinski definition) is 1. The Morgan fingerprint density at radius 1 is 0.939 bits per heavy atom. The van der Waals surface area contributed by atoms with Crippen molar-refractivity contribution in [3.63, 3.8) is 0 Å². The molecular weight excluding hydrogens is 439 g/mol. The maximum absolute atomic E-state index is 14.6. The van der Waals surface area contributed by atoms with Gasteiger partial charge < -0.3 is 5.32 Å². The van der Waals surface area contributed by atoms with Crippen LogP contribution in [0.4, 0.5) is 10.1 Å². The fourth-order valence-electron chi connectivity index (χ4n) is 3.74. The number of anilines is 1. The highest BCUT2D eigenvalue weighted by molar-refractivity contribution is 7.92. The van der Waals surface area contributed by atoms with E-state index in [1.54, 1.807) is 12.1 Å². The van der Waals surface area contributed by atoms with Gasteiger partial charge in [0.2, 0.25) is 5.91 Å². The average molecular weight is 469 g/mol. The molecule has 1 atom stereocenters. The normalized spacial score (nSPS) is 12.3. The molecule has 0 aliphatic heterocycles. The molecule has 3 aromatic carbocycles. The third-order valence-electron chi connectivity index (χ3n) is 5.74. The van der Waals surface area contributed by atoms with Gasteiger partial charge in [-0.2, -0.15) is 0 Å². The number of hydrogen-bond acceptors (Lipinski definition) is 3. The van der Waals surface area contributed by atoms with Crippen molar-refractivity contribution in [3.05, 3.63) is 94.3 Å². The molecule has 0 saturated carbocycles. The Balaban J connectivity index is 1.92. The van der Waals surface area contributed by atoms with Crippen molar-refractivity contribution in [2.75, 3.05) is 10.8 Å². The molecule has 0 radical (unpaired) electrons. The average Bonchev–Trinajstić information content (AvgIpc) is 2.75. The minimum atomic E-state index is -4.18. The number of nitrogens with one attached hydrogen (secondary N) is 1. The number of sulfonamides is 1. The molecule has 0 heterocycles. The Morgan fingerprint density at radius 3 is 2.18 bits per heavy atom. The number of amides is 1. The van der Waals surface area contributed by atoms with E-state index in [1.165, 1.54) is 36.4 Å². The molecule has 5 nitrogen and oxygen atoms in total. The fourth-order valence-corrected chi connectivity index (χ4v) is 5.16. The highest BCUT2D eigenvalue weighted by Crippen LogP contribution is 2.27. The molecule has 33 heavy (non-hydrogen) atoms. The van der Waals surface area contributed by atoms with E-state index in [9.17, 15) is 17.6 Å². The lowest BCUT2D eigenvalue weighted by atomic mass is 9.96. The zero-order chi connectivity index (χ0) is 24.3. The summed E-state index contributed by atoms with van der Waals surface area (Å²) >= 11 is 0. The highest BCUT2D eigenvalue weighted by atomic mass is 32.2. The number of carbonyl (C=O) groups excluding carboxylic acids is 1. The van der Waals surface area contributed by atoms with Gasteiger partial charge in [0.1, 0.15) is 12.4 Å². The molecule has 1 amide bonds. The highest BCUT2D eigenvalue weighted by Gasteiger charge is 2.29. The van der Waals surface area contributed by atoms with E-state index in [4.69, 9.17) is 0 Å². The predicted octanol–water partition coefficient (Wildman–Crippen LogP) is 5.13. The second-order valence-electron chi connectivity index (χ2n) is 8.36. The first kappa shape index (κ1) is 24.5. The first-order valence-electron chi connectivity index (χ1n) is 10.7. The summed E-state index contributed by atoms with van der Waals surface area (Å²) < 4.78 is 42.3. The molecule has 0 saturated heterocycles. The van der Waals surface area contributed by atoms with Crippen LogP contribution in [-0.4, -0.2) is 20.9 Å². The summed E-state index contributed by atoms with van der Waals surface area (Å²) in [6.07, 6.45) is 0. The first-order valence-corrected chi connectivity index (χ1v) is 12.2. The van der Waals surface area contributed by atoms with Gasteiger partial charge >= 0.3 is 0 Å². The van der Waals surface area contributed by atoms with E-state index in [0.717, 1.165) is 32.1 Å². The SMILES string of the molecule is Cc1ccc(S(=O)(=O)N(CC(=O)NC(C)c2cc(C)c(C)cc2C)c2ccccc2F)cc1. The number of rotatable bonds is 7. The molecule has 0 aromatic heterocycles. The summed E-state index contributed by atoms with van der Waals surface area (Å²) in [6, 6.07) is 15.5. The topological polar surface area (TPSA) is 66.5 Å². The van der Waals surface area contributed by atoms with Crippen molar-refractivity contribution < 1.29 is 17.6 Å². The molecule has 1 unspecified atom stereocenters. The second kappa shape index (κ2) is 9.75. The lowest BCUT2D eigenvalue weighted by molar-refractivity contribution is -0.120. The number of carbonyl (C=O) groups is 1. The largest absolute Gasteiger partial charge is 0.348 e. The molecule has 0 spiro atoms. The molecule has 1 N–H and O–H groups in total. The van der Waals surface area contributed by atoms with Gasteiger partial charge in [-0.3, -0.25) is 9.10 Å². The Morgan fingerprint density at radius 2 is 1.55 bits per heavy atom. The smallest absolute Gasteiger partial charge is 0.264 e. The first-order chi connectivity index (χ1) is 15.5. The molecule has 0 aliphatic rings. The summed E-state index contributed by atoms with van der Waals surface area (Å²) in [5, 5.41) is 2.87. The zero-order valence-electron chi connectivity index (χ0n) is 19.5. The van der Waals surface area contributed by atoms with Crippen LogP contribution in [0, 0.1) is 33.5 Å². The van der Waals surface area contributed by atoms with Crippen LogP contribution in [0.3, 0.4) is 0 Å². The third kappa shape index (κ3) is 5.42. The van der Waals surface area contributed by atoms with E-state index in [1.807, 2.05) is 40.7 Å². The molecule has 3 rings (SSSR count). The van der Waals surface area contributed by atoms with Crippen LogP contribution in [0.2, 0.25) is 0 Å². The molecule has 0 fully saturated rings. The summed E-state index contributed by atoms with van der Waals surface area (Å²) in [5.41, 5.74) is 4.95. The van der Waals surface area contributed by atoms with Crippen molar-refractivity contribution in [2.24, 2.45) is 0 Å². The van der Waals surface area contributed by atoms with E-state index >= 15 is 0 Å². The molecule has 0 aliphatic carbocycles. The Labute approximate surface area is 195 Å². The molecule has 174 valence electrons. The quantitative estimate of drug-likeness (QED) is 0.523. The van der Waals surface area contributed by atoms with Crippen molar-refractivity contribution in [2.45, 2.75) is 45.6 Å². The van der Waals surface area contributed by atoms with Crippen LogP contribution in [0.25, 0.3) is 0 Å². The Hall–Kier alpha value is -3.19. The number of benzene rings is 3. The number of para-hydroxylation sites is 1. The zero-order valence-corrected chi connectivity index (χ0v) is 20.3. The minimum absolute atomic E-state index is 0.0118. The van der Waals surface area contributed by atoms with E-state index in [0.29, 0.717) is 0 Å². The van der Waals surface area contributed by atoms with Crippen LogP contribution in [0.5, 0.6) is 0 Å². The monoisotopic (exact) mass is 468 g/mol. The predicted molar refractivity (Wildman–Crippen MR) is 129 cm³/mol. The van der Waals surface area contributed by atoms with Gasteiger partial charge in [-0.25, -0.2) is 12.8 Å². The van der Waals surface area contributed by atoms with Crippen LogP contribution >= 0.6 is 0 Å². The van der Waals surface area contributed by atoms with E-state index in [-0.39, 0.29) is 16.6 Å². The Bertz CT molecular complexity index is 1270. The summed E-state index contributed by atoms with van der Waals surface area (Å²) in [5.74, 6) is -1.25. The molecular formula is C26H29FN2O3S.